The Hall–Kier alpha value is -3.01. The van der Waals surface area contributed by atoms with Gasteiger partial charge in [-0.3, -0.25) is 9.89 Å². The monoisotopic (exact) mass is 465 g/mol. The minimum Gasteiger partial charge on any atom is -0.306 e. The number of H-pyrrole nitrogens is 1. The van der Waals surface area contributed by atoms with E-state index in [0.717, 1.165) is 25.9 Å². The van der Waals surface area contributed by atoms with Gasteiger partial charge in [-0.15, -0.1) is 0 Å². The largest absolute Gasteiger partial charge is 0.306 e. The molecule has 1 saturated heterocycles. The lowest BCUT2D eigenvalue weighted by atomic mass is 9.89. The van der Waals surface area contributed by atoms with Crippen LogP contribution in [0.5, 0.6) is 0 Å². The zero-order valence-electron chi connectivity index (χ0n) is 18.5. The van der Waals surface area contributed by atoms with E-state index in [0.29, 0.717) is 28.6 Å². The van der Waals surface area contributed by atoms with Crippen LogP contribution in [-0.2, 0) is 23.1 Å². The summed E-state index contributed by atoms with van der Waals surface area (Å²) in [5, 5.41) is 9.93. The summed E-state index contributed by atoms with van der Waals surface area (Å²) >= 11 is 0. The molecular weight excluding hydrogens is 438 g/mol. The van der Waals surface area contributed by atoms with Gasteiger partial charge in [0.15, 0.2) is 5.82 Å². The van der Waals surface area contributed by atoms with Crippen LogP contribution in [0.1, 0.15) is 45.9 Å². The molecule has 9 heteroatoms. The number of aromatic amines is 1. The summed E-state index contributed by atoms with van der Waals surface area (Å²) in [4.78, 5) is 15.4. The van der Waals surface area contributed by atoms with Crippen molar-refractivity contribution in [2.75, 3.05) is 25.5 Å². The second-order valence-corrected chi connectivity index (χ2v) is 10.7. The predicted molar refractivity (Wildman–Crippen MR) is 125 cm³/mol. The molecule has 3 aromatic rings. The Kier molecular flexibility index (Phi) is 5.77. The summed E-state index contributed by atoms with van der Waals surface area (Å²) in [5.74, 6) is 0.647. The average Bonchev–Trinajstić information content (AvgIpc) is 3.43. The Balaban J connectivity index is 1.26. The Morgan fingerprint density at radius 3 is 2.42 bits per heavy atom. The molecule has 2 aliphatic rings. The Morgan fingerprint density at radius 2 is 1.73 bits per heavy atom. The van der Waals surface area contributed by atoms with Gasteiger partial charge in [-0.2, -0.15) is 9.40 Å². The third-order valence-electron chi connectivity index (χ3n) is 6.60. The zero-order chi connectivity index (χ0) is 23.0. The SMILES string of the molecule is CN1CCC(c2ccc(C(=O)Nc3n[nH]c4c3CN(S(=O)(=O)c3ccccc3)C4)cc2)CC1. The summed E-state index contributed by atoms with van der Waals surface area (Å²) in [6, 6.07) is 16.1. The topological polar surface area (TPSA) is 98.4 Å². The number of anilines is 1. The van der Waals surface area contributed by atoms with Gasteiger partial charge >= 0.3 is 0 Å². The van der Waals surface area contributed by atoms with Crippen molar-refractivity contribution in [1.82, 2.24) is 19.4 Å². The standard InChI is InChI=1S/C24H27N5O3S/c1-28-13-11-18(12-14-28)17-7-9-19(10-8-17)24(30)25-23-21-15-29(16-22(21)26-27-23)33(31,32)20-5-3-2-4-6-20/h2-10,18H,11-16H2,1H3,(H2,25,26,27,30). The van der Waals surface area contributed by atoms with Gasteiger partial charge in [-0.25, -0.2) is 8.42 Å². The number of hydrogen-bond donors (Lipinski definition) is 2. The van der Waals surface area contributed by atoms with Gasteiger partial charge < -0.3 is 10.2 Å². The molecule has 5 rings (SSSR count). The lowest BCUT2D eigenvalue weighted by Crippen LogP contribution is -2.29. The van der Waals surface area contributed by atoms with E-state index in [4.69, 9.17) is 0 Å². The van der Waals surface area contributed by atoms with Gasteiger partial charge in [0, 0.05) is 17.7 Å². The van der Waals surface area contributed by atoms with Gasteiger partial charge in [0.2, 0.25) is 10.0 Å². The van der Waals surface area contributed by atoms with Crippen molar-refractivity contribution in [2.24, 2.45) is 0 Å². The van der Waals surface area contributed by atoms with Crippen molar-refractivity contribution in [2.45, 2.75) is 36.7 Å². The maximum absolute atomic E-state index is 12.9. The van der Waals surface area contributed by atoms with Gasteiger partial charge in [-0.1, -0.05) is 30.3 Å². The fourth-order valence-electron chi connectivity index (χ4n) is 4.55. The van der Waals surface area contributed by atoms with Crippen molar-refractivity contribution in [3.8, 4) is 0 Å². The quantitative estimate of drug-likeness (QED) is 0.603. The third-order valence-corrected chi connectivity index (χ3v) is 8.40. The number of rotatable bonds is 5. The number of nitrogens with one attached hydrogen (secondary N) is 2. The molecule has 2 aliphatic heterocycles. The fraction of sp³-hybridized carbons (Fsp3) is 0.333. The molecule has 172 valence electrons. The number of hydrogen-bond acceptors (Lipinski definition) is 5. The van der Waals surface area contributed by atoms with E-state index in [9.17, 15) is 13.2 Å². The number of nitrogens with zero attached hydrogens (tertiary/aromatic N) is 3. The first-order valence-electron chi connectivity index (χ1n) is 11.1. The van der Waals surface area contributed by atoms with Crippen LogP contribution in [0.15, 0.2) is 59.5 Å². The van der Waals surface area contributed by atoms with Crippen molar-refractivity contribution in [3.05, 3.63) is 77.0 Å². The fourth-order valence-corrected chi connectivity index (χ4v) is 5.95. The van der Waals surface area contributed by atoms with Gasteiger partial charge in [0.25, 0.3) is 5.91 Å². The second kappa shape index (κ2) is 8.74. The predicted octanol–water partition coefficient (Wildman–Crippen LogP) is 3.18. The molecule has 3 heterocycles. The van der Waals surface area contributed by atoms with E-state index < -0.39 is 10.0 Å². The molecule has 2 N–H and O–H groups in total. The molecular formula is C24H27N5O3S. The van der Waals surface area contributed by atoms with Crippen LogP contribution < -0.4 is 5.32 Å². The van der Waals surface area contributed by atoms with E-state index in [1.54, 1.807) is 30.3 Å². The minimum atomic E-state index is -3.62. The highest BCUT2D eigenvalue weighted by atomic mass is 32.2. The van der Waals surface area contributed by atoms with Crippen molar-refractivity contribution in [3.63, 3.8) is 0 Å². The van der Waals surface area contributed by atoms with Crippen LogP contribution in [0.3, 0.4) is 0 Å². The van der Waals surface area contributed by atoms with Crippen LogP contribution in [-0.4, -0.2) is 53.9 Å². The number of amides is 1. The highest BCUT2D eigenvalue weighted by Gasteiger charge is 2.34. The molecule has 1 aromatic heterocycles. The van der Waals surface area contributed by atoms with Crippen molar-refractivity contribution in [1.29, 1.82) is 0 Å². The molecule has 0 atom stereocenters. The highest BCUT2D eigenvalue weighted by molar-refractivity contribution is 7.89. The van der Waals surface area contributed by atoms with Crippen LogP contribution in [0.4, 0.5) is 5.82 Å². The average molecular weight is 466 g/mol. The zero-order valence-corrected chi connectivity index (χ0v) is 19.3. The maximum atomic E-state index is 12.9. The number of carbonyl (C=O) groups excluding carboxylic acids is 1. The minimum absolute atomic E-state index is 0.160. The van der Waals surface area contributed by atoms with E-state index in [1.807, 2.05) is 24.3 Å². The van der Waals surface area contributed by atoms with E-state index in [-0.39, 0.29) is 23.9 Å². The number of likely N-dealkylation sites (tertiary alicyclic amines) is 1. The maximum Gasteiger partial charge on any atom is 0.256 e. The van der Waals surface area contributed by atoms with Crippen LogP contribution >= 0.6 is 0 Å². The summed E-state index contributed by atoms with van der Waals surface area (Å²) in [6.45, 7) is 2.54. The first kappa shape index (κ1) is 21.8. The first-order valence-corrected chi connectivity index (χ1v) is 12.6. The summed E-state index contributed by atoms with van der Waals surface area (Å²) in [7, 11) is -1.48. The number of aromatic nitrogens is 2. The van der Waals surface area contributed by atoms with Crippen molar-refractivity contribution < 1.29 is 13.2 Å². The third kappa shape index (κ3) is 4.31. The second-order valence-electron chi connectivity index (χ2n) is 8.77. The molecule has 0 saturated carbocycles. The molecule has 1 fully saturated rings. The lowest BCUT2D eigenvalue weighted by molar-refractivity contribution is 0.102. The highest BCUT2D eigenvalue weighted by Crippen LogP contribution is 2.32. The van der Waals surface area contributed by atoms with Gasteiger partial charge in [0.1, 0.15) is 0 Å². The Labute approximate surface area is 193 Å². The summed E-state index contributed by atoms with van der Waals surface area (Å²) in [5.41, 5.74) is 3.21. The number of sulfonamides is 1. The van der Waals surface area contributed by atoms with Gasteiger partial charge in [-0.05, 0) is 68.7 Å². The molecule has 2 aromatic carbocycles. The normalized spacial score (nSPS) is 17.7. The molecule has 0 unspecified atom stereocenters. The molecule has 33 heavy (non-hydrogen) atoms. The van der Waals surface area contributed by atoms with Crippen LogP contribution in [0, 0.1) is 0 Å². The molecule has 0 bridgehead atoms. The first-order chi connectivity index (χ1) is 15.9. The van der Waals surface area contributed by atoms with Crippen LogP contribution in [0.2, 0.25) is 0 Å². The lowest BCUT2D eigenvalue weighted by Gasteiger charge is -2.29. The van der Waals surface area contributed by atoms with Crippen LogP contribution in [0.25, 0.3) is 0 Å². The molecule has 0 radical (unpaired) electrons. The van der Waals surface area contributed by atoms with E-state index >= 15 is 0 Å². The Morgan fingerprint density at radius 1 is 1.03 bits per heavy atom. The van der Waals surface area contributed by atoms with E-state index in [2.05, 4.69) is 27.5 Å². The Bertz CT molecular complexity index is 1250. The summed E-state index contributed by atoms with van der Waals surface area (Å²) < 4.78 is 27.3. The number of fused-ring (bicyclic) bond motifs is 1. The molecule has 8 nitrogen and oxygen atoms in total. The molecule has 0 aliphatic carbocycles. The number of carbonyl (C=O) groups is 1. The summed E-state index contributed by atoms with van der Waals surface area (Å²) in [6.07, 6.45) is 2.26. The van der Waals surface area contributed by atoms with Crippen molar-refractivity contribution >= 4 is 21.7 Å². The molecule has 1 amide bonds. The van der Waals surface area contributed by atoms with E-state index in [1.165, 1.54) is 9.87 Å². The molecule has 0 spiro atoms. The number of benzene rings is 2. The number of piperidine rings is 1. The van der Waals surface area contributed by atoms with Gasteiger partial charge in [0.05, 0.1) is 17.1 Å². The smallest absolute Gasteiger partial charge is 0.256 e.